The molecule has 0 saturated heterocycles. The molecular formula is C4H10N2OS. The van der Waals surface area contributed by atoms with E-state index in [0.717, 1.165) is 0 Å². The van der Waals surface area contributed by atoms with Crippen molar-refractivity contribution in [3.8, 4) is 0 Å². The summed E-state index contributed by atoms with van der Waals surface area (Å²) in [5, 5.41) is 2.91. The molecule has 0 aromatic heterocycles. The number of thiocarbonyl (C=S) groups is 1. The smallest absolute Gasteiger partial charge is 0.165 e. The van der Waals surface area contributed by atoms with Gasteiger partial charge in [-0.2, -0.15) is 0 Å². The van der Waals surface area contributed by atoms with Crippen LogP contribution in [-0.4, -0.2) is 18.5 Å². The van der Waals surface area contributed by atoms with Gasteiger partial charge in [-0.3, -0.25) is 0 Å². The second-order valence-electron chi connectivity index (χ2n) is 1.18. The molecule has 3 N–H and O–H groups in total. The van der Waals surface area contributed by atoms with Crippen molar-refractivity contribution in [1.29, 1.82) is 0 Å². The van der Waals surface area contributed by atoms with Crippen LogP contribution in [0.1, 0.15) is 6.92 Å². The van der Waals surface area contributed by atoms with Gasteiger partial charge >= 0.3 is 0 Å². The van der Waals surface area contributed by atoms with E-state index in [0.29, 0.717) is 13.3 Å². The first-order valence-corrected chi connectivity index (χ1v) is 2.79. The molecular weight excluding hydrogens is 124 g/mol. The normalized spacial score (nSPS) is 8.62. The van der Waals surface area contributed by atoms with E-state index in [-0.39, 0.29) is 5.11 Å². The largest absolute Gasteiger partial charge is 0.376 e. The maximum absolute atomic E-state index is 5.07. The first kappa shape index (κ1) is 7.65. The van der Waals surface area contributed by atoms with Crippen molar-refractivity contribution in [3.05, 3.63) is 0 Å². The lowest BCUT2D eigenvalue weighted by atomic mass is 10.9. The summed E-state index contributed by atoms with van der Waals surface area (Å²) in [6.45, 7) is 2.99. The minimum absolute atomic E-state index is 0.276. The van der Waals surface area contributed by atoms with Crippen molar-refractivity contribution in [1.82, 2.24) is 5.32 Å². The highest BCUT2D eigenvalue weighted by Crippen LogP contribution is 1.65. The SMILES string of the molecule is CCOCNC(N)=S. The molecule has 0 saturated carbocycles. The molecule has 8 heavy (non-hydrogen) atoms. The first-order chi connectivity index (χ1) is 3.77. The lowest BCUT2D eigenvalue weighted by Gasteiger charge is -2.00. The Hall–Kier alpha value is -0.350. The highest BCUT2D eigenvalue weighted by molar-refractivity contribution is 7.80. The third-order valence-corrected chi connectivity index (χ3v) is 0.697. The minimum atomic E-state index is 0.276. The van der Waals surface area contributed by atoms with Crippen molar-refractivity contribution in [3.63, 3.8) is 0 Å². The second kappa shape index (κ2) is 4.80. The number of nitrogens with one attached hydrogen (secondary N) is 1. The fourth-order valence-electron chi connectivity index (χ4n) is 0.224. The van der Waals surface area contributed by atoms with E-state index in [1.165, 1.54) is 0 Å². The van der Waals surface area contributed by atoms with Gasteiger partial charge in [-0.25, -0.2) is 0 Å². The average Bonchev–Trinajstić information content (AvgIpc) is 1.66. The van der Waals surface area contributed by atoms with Crippen LogP contribution in [0.25, 0.3) is 0 Å². The Labute approximate surface area is 54.2 Å². The van der Waals surface area contributed by atoms with Gasteiger partial charge in [0.05, 0.1) is 0 Å². The van der Waals surface area contributed by atoms with Crippen molar-refractivity contribution >= 4 is 17.3 Å². The standard InChI is InChI=1S/C4H10N2OS/c1-2-7-3-6-4(5)8/h2-3H2,1H3,(H3,5,6,8). The minimum Gasteiger partial charge on any atom is -0.376 e. The maximum atomic E-state index is 5.07. The van der Waals surface area contributed by atoms with Crippen LogP contribution in [0.4, 0.5) is 0 Å². The molecule has 0 aliphatic heterocycles. The molecule has 0 amide bonds. The van der Waals surface area contributed by atoms with Crippen molar-refractivity contribution < 1.29 is 4.74 Å². The highest BCUT2D eigenvalue weighted by Gasteiger charge is 1.81. The van der Waals surface area contributed by atoms with E-state index in [1.54, 1.807) is 0 Å². The summed E-state index contributed by atoms with van der Waals surface area (Å²) in [6, 6.07) is 0. The van der Waals surface area contributed by atoms with Crippen molar-refractivity contribution in [2.45, 2.75) is 6.92 Å². The van der Waals surface area contributed by atoms with Gasteiger partial charge in [-0.1, -0.05) is 0 Å². The van der Waals surface area contributed by atoms with Gasteiger partial charge < -0.3 is 15.8 Å². The fraction of sp³-hybridized carbons (Fsp3) is 0.750. The van der Waals surface area contributed by atoms with Gasteiger partial charge in [0, 0.05) is 6.61 Å². The summed E-state index contributed by atoms with van der Waals surface area (Å²) in [7, 11) is 0. The Bertz CT molecular complexity index is 76.4. The zero-order valence-corrected chi connectivity index (χ0v) is 5.62. The van der Waals surface area contributed by atoms with Gasteiger partial charge in [0.25, 0.3) is 0 Å². The van der Waals surface area contributed by atoms with Crippen molar-refractivity contribution in [2.75, 3.05) is 13.3 Å². The summed E-state index contributed by atoms with van der Waals surface area (Å²) >= 11 is 4.50. The molecule has 0 bridgehead atoms. The molecule has 3 nitrogen and oxygen atoms in total. The van der Waals surface area contributed by atoms with E-state index >= 15 is 0 Å². The van der Waals surface area contributed by atoms with Gasteiger partial charge in [0.2, 0.25) is 0 Å². The summed E-state index contributed by atoms with van der Waals surface area (Å²) in [6.07, 6.45) is 0. The van der Waals surface area contributed by atoms with Crippen LogP contribution in [0.15, 0.2) is 0 Å². The number of hydrogen-bond acceptors (Lipinski definition) is 2. The first-order valence-electron chi connectivity index (χ1n) is 2.38. The number of ether oxygens (including phenoxy) is 1. The summed E-state index contributed by atoms with van der Waals surface area (Å²) in [5.41, 5.74) is 5.07. The predicted molar refractivity (Wildman–Crippen MR) is 36.4 cm³/mol. The molecule has 4 heteroatoms. The summed E-state index contributed by atoms with van der Waals surface area (Å²) in [5.74, 6) is 0. The predicted octanol–water partition coefficient (Wildman–Crippen LogP) is -0.186. The second-order valence-corrected chi connectivity index (χ2v) is 1.62. The van der Waals surface area contributed by atoms with Crippen LogP contribution in [0, 0.1) is 0 Å². The zero-order valence-electron chi connectivity index (χ0n) is 4.81. The Morgan fingerprint density at radius 1 is 1.88 bits per heavy atom. The quantitative estimate of drug-likeness (QED) is 0.319. The van der Waals surface area contributed by atoms with Crippen LogP contribution >= 0.6 is 12.2 Å². The van der Waals surface area contributed by atoms with Gasteiger partial charge in [-0.15, -0.1) is 0 Å². The van der Waals surface area contributed by atoms with Crippen LogP contribution in [-0.2, 0) is 4.74 Å². The molecule has 0 rings (SSSR count). The molecule has 0 unspecified atom stereocenters. The van der Waals surface area contributed by atoms with Crippen LogP contribution in [0.2, 0.25) is 0 Å². The Balaban J connectivity index is 2.82. The van der Waals surface area contributed by atoms with E-state index in [1.807, 2.05) is 6.92 Å². The van der Waals surface area contributed by atoms with E-state index in [9.17, 15) is 0 Å². The van der Waals surface area contributed by atoms with Gasteiger partial charge in [0.15, 0.2) is 5.11 Å². The Kier molecular flexibility index (Phi) is 4.59. The van der Waals surface area contributed by atoms with Crippen LogP contribution in [0.5, 0.6) is 0 Å². The van der Waals surface area contributed by atoms with Crippen LogP contribution < -0.4 is 11.1 Å². The molecule has 0 spiro atoms. The molecule has 48 valence electrons. The van der Waals surface area contributed by atoms with Gasteiger partial charge in [0.1, 0.15) is 6.73 Å². The molecule has 0 fully saturated rings. The van der Waals surface area contributed by atoms with E-state index < -0.39 is 0 Å². The summed E-state index contributed by atoms with van der Waals surface area (Å²) in [4.78, 5) is 0. The third-order valence-electron chi connectivity index (χ3n) is 0.553. The Morgan fingerprint density at radius 3 is 2.88 bits per heavy atom. The summed E-state index contributed by atoms with van der Waals surface area (Å²) < 4.78 is 4.87. The van der Waals surface area contributed by atoms with Crippen molar-refractivity contribution in [2.24, 2.45) is 5.73 Å². The molecule has 0 atom stereocenters. The number of rotatable bonds is 3. The molecule has 0 aliphatic carbocycles. The molecule has 0 aromatic rings. The topological polar surface area (TPSA) is 47.3 Å². The lowest BCUT2D eigenvalue weighted by Crippen LogP contribution is -2.30. The van der Waals surface area contributed by atoms with Crippen LogP contribution in [0.3, 0.4) is 0 Å². The fourth-order valence-corrected chi connectivity index (χ4v) is 0.283. The average molecular weight is 134 g/mol. The molecule has 0 aromatic carbocycles. The third kappa shape index (κ3) is 5.65. The van der Waals surface area contributed by atoms with E-state index in [2.05, 4.69) is 17.5 Å². The van der Waals surface area contributed by atoms with E-state index in [4.69, 9.17) is 10.5 Å². The zero-order chi connectivity index (χ0) is 6.41. The van der Waals surface area contributed by atoms with Gasteiger partial charge in [-0.05, 0) is 19.1 Å². The highest BCUT2D eigenvalue weighted by atomic mass is 32.1. The lowest BCUT2D eigenvalue weighted by molar-refractivity contribution is 0.142. The number of nitrogens with two attached hydrogens (primary N) is 1. The molecule has 0 aliphatic rings. The molecule has 0 radical (unpaired) electrons. The number of hydrogen-bond donors (Lipinski definition) is 2. The Morgan fingerprint density at radius 2 is 2.50 bits per heavy atom. The maximum Gasteiger partial charge on any atom is 0.165 e. The molecule has 0 heterocycles. The monoisotopic (exact) mass is 134 g/mol.